The van der Waals surface area contributed by atoms with Crippen LogP contribution in [0.15, 0.2) is 24.3 Å². The van der Waals surface area contributed by atoms with Crippen molar-refractivity contribution < 1.29 is 10.2 Å². The highest BCUT2D eigenvalue weighted by Gasteiger charge is 2.18. The van der Waals surface area contributed by atoms with Crippen LogP contribution in [0.4, 0.5) is 0 Å². The van der Waals surface area contributed by atoms with E-state index in [1.165, 1.54) is 0 Å². The molecule has 5 nitrogen and oxygen atoms in total. The van der Waals surface area contributed by atoms with Crippen molar-refractivity contribution in [3.63, 3.8) is 0 Å². The monoisotopic (exact) mass is 277 g/mol. The van der Waals surface area contributed by atoms with Gasteiger partial charge < -0.3 is 20.1 Å². The fourth-order valence-electron chi connectivity index (χ4n) is 2.23. The number of benzene rings is 1. The van der Waals surface area contributed by atoms with Gasteiger partial charge in [0, 0.05) is 13.1 Å². The van der Waals surface area contributed by atoms with Gasteiger partial charge in [-0.25, -0.2) is 4.98 Å². The number of imidazole rings is 1. The number of aromatic nitrogens is 2. The molecule has 0 radical (unpaired) electrons. The molecule has 0 saturated heterocycles. The van der Waals surface area contributed by atoms with Crippen molar-refractivity contribution in [3.8, 4) is 0 Å². The number of para-hydroxylation sites is 2. The van der Waals surface area contributed by atoms with Crippen molar-refractivity contribution in [2.24, 2.45) is 0 Å². The van der Waals surface area contributed by atoms with E-state index in [4.69, 9.17) is 5.11 Å². The van der Waals surface area contributed by atoms with E-state index in [2.05, 4.69) is 27.9 Å². The number of nitrogens with one attached hydrogen (secondary N) is 1. The maximum absolute atomic E-state index is 9.77. The summed E-state index contributed by atoms with van der Waals surface area (Å²) in [5, 5.41) is 22.0. The van der Waals surface area contributed by atoms with Crippen LogP contribution >= 0.6 is 0 Å². The lowest BCUT2D eigenvalue weighted by atomic mass is 10.1. The van der Waals surface area contributed by atoms with Gasteiger partial charge in [-0.2, -0.15) is 0 Å². The van der Waals surface area contributed by atoms with Gasteiger partial charge in [-0.3, -0.25) is 0 Å². The molecule has 1 unspecified atom stereocenters. The van der Waals surface area contributed by atoms with Gasteiger partial charge in [-0.05, 0) is 25.5 Å². The number of hydrogen-bond donors (Lipinski definition) is 3. The molecule has 1 aromatic heterocycles. The normalized spacial score (nSPS) is 14.6. The number of hydrogen-bond acceptors (Lipinski definition) is 4. The number of aliphatic hydroxyl groups is 2. The molecule has 0 spiro atoms. The standard InChI is InChI=1S/C15H23N3O2/c1-3-8-18-13-7-5-4-6-12(13)17-14(18)9-16-10-15(2,20)11-19/h4-7,16,19-20H,3,8-11H2,1-2H3. The molecule has 2 rings (SSSR count). The summed E-state index contributed by atoms with van der Waals surface area (Å²) in [7, 11) is 0. The second-order valence-electron chi connectivity index (χ2n) is 5.43. The summed E-state index contributed by atoms with van der Waals surface area (Å²) in [5.41, 5.74) is 1.04. The number of fused-ring (bicyclic) bond motifs is 1. The van der Waals surface area contributed by atoms with E-state index in [0.717, 1.165) is 29.8 Å². The Kier molecular flexibility index (Phi) is 4.75. The lowest BCUT2D eigenvalue weighted by molar-refractivity contribution is 0.00239. The molecule has 2 aromatic rings. The summed E-state index contributed by atoms with van der Waals surface area (Å²) in [6, 6.07) is 8.09. The van der Waals surface area contributed by atoms with E-state index in [1.807, 2.05) is 18.2 Å². The molecule has 110 valence electrons. The van der Waals surface area contributed by atoms with Crippen LogP contribution in [0.3, 0.4) is 0 Å². The minimum atomic E-state index is -1.10. The van der Waals surface area contributed by atoms with Gasteiger partial charge in [0.05, 0.1) is 29.8 Å². The summed E-state index contributed by atoms with van der Waals surface area (Å²) >= 11 is 0. The number of aryl methyl sites for hydroxylation is 1. The Morgan fingerprint density at radius 3 is 2.80 bits per heavy atom. The first-order valence-corrected chi connectivity index (χ1v) is 7.05. The van der Waals surface area contributed by atoms with Crippen LogP contribution in [0.2, 0.25) is 0 Å². The van der Waals surface area contributed by atoms with Crippen molar-refractivity contribution in [2.45, 2.75) is 39.0 Å². The topological polar surface area (TPSA) is 70.3 Å². The molecule has 20 heavy (non-hydrogen) atoms. The Balaban J connectivity index is 2.14. The Labute approximate surface area is 119 Å². The molecular formula is C15H23N3O2. The molecule has 0 fully saturated rings. The van der Waals surface area contributed by atoms with Crippen LogP contribution in [0, 0.1) is 0 Å². The summed E-state index contributed by atoms with van der Waals surface area (Å²) in [5.74, 6) is 0.960. The molecule has 1 aromatic carbocycles. The predicted molar refractivity (Wildman–Crippen MR) is 79.4 cm³/mol. The average Bonchev–Trinajstić information content (AvgIpc) is 2.78. The SMILES string of the molecule is CCCn1c(CNCC(C)(O)CO)nc2ccccc21. The number of aliphatic hydroxyl groups excluding tert-OH is 1. The van der Waals surface area contributed by atoms with Gasteiger partial charge in [0.1, 0.15) is 5.82 Å². The second kappa shape index (κ2) is 6.35. The fraction of sp³-hybridized carbons (Fsp3) is 0.533. The quantitative estimate of drug-likeness (QED) is 0.713. The molecule has 0 bridgehead atoms. The van der Waals surface area contributed by atoms with Crippen molar-refractivity contribution >= 4 is 11.0 Å². The summed E-state index contributed by atoms with van der Waals surface area (Å²) in [6.45, 7) is 5.32. The van der Waals surface area contributed by atoms with Crippen LogP contribution in [0.25, 0.3) is 11.0 Å². The summed E-state index contributed by atoms with van der Waals surface area (Å²) in [4.78, 5) is 4.63. The maximum atomic E-state index is 9.77. The maximum Gasteiger partial charge on any atom is 0.123 e. The zero-order valence-electron chi connectivity index (χ0n) is 12.1. The van der Waals surface area contributed by atoms with Gasteiger partial charge in [0.25, 0.3) is 0 Å². The third kappa shape index (κ3) is 3.36. The molecule has 0 saturated carbocycles. The van der Waals surface area contributed by atoms with Crippen molar-refractivity contribution in [2.75, 3.05) is 13.2 Å². The van der Waals surface area contributed by atoms with Crippen molar-refractivity contribution in [1.82, 2.24) is 14.9 Å². The first kappa shape index (κ1) is 15.0. The minimum absolute atomic E-state index is 0.259. The fourth-order valence-corrected chi connectivity index (χ4v) is 2.23. The molecular weight excluding hydrogens is 254 g/mol. The van der Waals surface area contributed by atoms with Gasteiger partial charge in [-0.1, -0.05) is 19.1 Å². The largest absolute Gasteiger partial charge is 0.393 e. The average molecular weight is 277 g/mol. The Hall–Kier alpha value is -1.43. The van der Waals surface area contributed by atoms with Crippen LogP contribution < -0.4 is 5.32 Å². The van der Waals surface area contributed by atoms with Gasteiger partial charge in [0.15, 0.2) is 0 Å². The zero-order chi connectivity index (χ0) is 14.6. The van der Waals surface area contributed by atoms with E-state index in [-0.39, 0.29) is 6.61 Å². The third-order valence-electron chi connectivity index (χ3n) is 3.31. The first-order chi connectivity index (χ1) is 9.57. The Morgan fingerprint density at radius 2 is 2.10 bits per heavy atom. The molecule has 5 heteroatoms. The van der Waals surface area contributed by atoms with Gasteiger partial charge in [0.2, 0.25) is 0 Å². The predicted octanol–water partition coefficient (Wildman–Crippen LogP) is 1.28. The summed E-state index contributed by atoms with van der Waals surface area (Å²) in [6.07, 6.45) is 1.04. The lowest BCUT2D eigenvalue weighted by Gasteiger charge is -2.20. The van der Waals surface area contributed by atoms with E-state index < -0.39 is 5.60 Å². The zero-order valence-corrected chi connectivity index (χ0v) is 12.1. The second-order valence-corrected chi connectivity index (χ2v) is 5.43. The minimum Gasteiger partial charge on any atom is -0.393 e. The van der Waals surface area contributed by atoms with E-state index in [1.54, 1.807) is 6.92 Å². The highest BCUT2D eigenvalue weighted by atomic mass is 16.3. The smallest absolute Gasteiger partial charge is 0.123 e. The van der Waals surface area contributed by atoms with E-state index in [0.29, 0.717) is 13.1 Å². The summed E-state index contributed by atoms with van der Waals surface area (Å²) < 4.78 is 2.20. The molecule has 1 atom stereocenters. The molecule has 1 heterocycles. The Bertz CT molecular complexity index is 563. The first-order valence-electron chi connectivity index (χ1n) is 7.05. The van der Waals surface area contributed by atoms with E-state index in [9.17, 15) is 5.11 Å². The molecule has 0 amide bonds. The van der Waals surface area contributed by atoms with E-state index >= 15 is 0 Å². The van der Waals surface area contributed by atoms with Crippen molar-refractivity contribution in [1.29, 1.82) is 0 Å². The van der Waals surface area contributed by atoms with Crippen LogP contribution in [0.1, 0.15) is 26.1 Å². The lowest BCUT2D eigenvalue weighted by Crippen LogP contribution is -2.41. The van der Waals surface area contributed by atoms with Crippen LogP contribution in [0.5, 0.6) is 0 Å². The highest BCUT2D eigenvalue weighted by Crippen LogP contribution is 2.16. The molecule has 0 aliphatic carbocycles. The molecule has 0 aliphatic rings. The number of rotatable bonds is 7. The van der Waals surface area contributed by atoms with Crippen molar-refractivity contribution in [3.05, 3.63) is 30.1 Å². The van der Waals surface area contributed by atoms with Crippen LogP contribution in [-0.4, -0.2) is 38.5 Å². The molecule has 3 N–H and O–H groups in total. The highest BCUT2D eigenvalue weighted by molar-refractivity contribution is 5.75. The number of nitrogens with zero attached hydrogens (tertiary/aromatic N) is 2. The molecule has 0 aliphatic heterocycles. The third-order valence-corrected chi connectivity index (χ3v) is 3.31. The van der Waals surface area contributed by atoms with Crippen LogP contribution in [-0.2, 0) is 13.1 Å². The Morgan fingerprint density at radius 1 is 1.35 bits per heavy atom. The van der Waals surface area contributed by atoms with Gasteiger partial charge in [-0.15, -0.1) is 0 Å². The van der Waals surface area contributed by atoms with Gasteiger partial charge >= 0.3 is 0 Å².